The van der Waals surface area contributed by atoms with Gasteiger partial charge in [0.2, 0.25) is 0 Å². The number of hydrogen-bond donors (Lipinski definition) is 1. The molecule has 0 saturated heterocycles. The third kappa shape index (κ3) is 4.91. The molecule has 1 heterocycles. The van der Waals surface area contributed by atoms with Crippen molar-refractivity contribution in [3.05, 3.63) is 63.9 Å². The number of pyridine rings is 1. The van der Waals surface area contributed by atoms with Crippen molar-refractivity contribution in [2.45, 2.75) is 37.4 Å². The molecule has 2 N–H and O–H groups in total. The van der Waals surface area contributed by atoms with Crippen LogP contribution in [-0.4, -0.2) is 13.9 Å². The molecule has 0 aliphatic carbocycles. The highest BCUT2D eigenvalue weighted by Gasteiger charge is 2.30. The summed E-state index contributed by atoms with van der Waals surface area (Å²) in [6.07, 6.45) is 2.49. The van der Waals surface area contributed by atoms with Crippen LogP contribution >= 0.6 is 15.9 Å². The fourth-order valence-corrected chi connectivity index (χ4v) is 3.60. The molecular formula is C17H19BrF2N2OS. The SMILES string of the molecule is CC(C)(C[C@H](Cc1cc(F)cc(F)c1)c1ncccc1Br)S(N)=O. The van der Waals surface area contributed by atoms with Crippen molar-refractivity contribution in [1.29, 1.82) is 0 Å². The average Bonchev–Trinajstić information content (AvgIpc) is 2.45. The summed E-state index contributed by atoms with van der Waals surface area (Å²) in [7, 11) is -1.53. The van der Waals surface area contributed by atoms with Crippen molar-refractivity contribution in [2.75, 3.05) is 0 Å². The molecule has 24 heavy (non-hydrogen) atoms. The summed E-state index contributed by atoms with van der Waals surface area (Å²) in [6.45, 7) is 3.61. The second-order valence-electron chi connectivity index (χ2n) is 6.31. The molecule has 2 rings (SSSR count). The van der Waals surface area contributed by atoms with Gasteiger partial charge in [0.25, 0.3) is 0 Å². The van der Waals surface area contributed by atoms with Crippen LogP contribution in [0.25, 0.3) is 0 Å². The number of benzene rings is 1. The first-order chi connectivity index (χ1) is 11.2. The Bertz CT molecular complexity index is 735. The van der Waals surface area contributed by atoms with Gasteiger partial charge in [-0.25, -0.2) is 13.0 Å². The van der Waals surface area contributed by atoms with Crippen molar-refractivity contribution in [3.8, 4) is 0 Å². The minimum absolute atomic E-state index is 0.190. The Balaban J connectivity index is 2.39. The number of rotatable bonds is 6. The lowest BCUT2D eigenvalue weighted by Crippen LogP contribution is -2.34. The first-order valence-electron chi connectivity index (χ1n) is 7.40. The van der Waals surface area contributed by atoms with Crippen molar-refractivity contribution >= 4 is 26.9 Å². The smallest absolute Gasteiger partial charge is 0.126 e. The zero-order valence-electron chi connectivity index (χ0n) is 13.4. The van der Waals surface area contributed by atoms with Gasteiger partial charge >= 0.3 is 0 Å². The van der Waals surface area contributed by atoms with Crippen LogP contribution in [0.4, 0.5) is 8.78 Å². The fourth-order valence-electron chi connectivity index (χ4n) is 2.65. The number of nitrogens with two attached hydrogens (primary N) is 1. The Labute approximate surface area is 151 Å². The Morgan fingerprint density at radius 2 is 1.92 bits per heavy atom. The van der Waals surface area contributed by atoms with Crippen molar-refractivity contribution in [2.24, 2.45) is 5.14 Å². The van der Waals surface area contributed by atoms with E-state index in [1.54, 1.807) is 26.1 Å². The Morgan fingerprint density at radius 1 is 1.29 bits per heavy atom. The van der Waals surface area contributed by atoms with Gasteiger partial charge in [-0.2, -0.15) is 0 Å². The quantitative estimate of drug-likeness (QED) is 0.765. The monoisotopic (exact) mass is 416 g/mol. The van der Waals surface area contributed by atoms with E-state index in [0.717, 1.165) is 16.2 Å². The zero-order chi connectivity index (χ0) is 17.9. The van der Waals surface area contributed by atoms with E-state index in [0.29, 0.717) is 18.4 Å². The molecule has 2 aromatic rings. The molecule has 0 amide bonds. The predicted octanol–water partition coefficient (Wildman–Crippen LogP) is 4.24. The highest BCUT2D eigenvalue weighted by atomic mass is 79.9. The van der Waals surface area contributed by atoms with Crippen LogP contribution in [-0.2, 0) is 17.4 Å². The van der Waals surface area contributed by atoms with Gasteiger partial charge in [-0.15, -0.1) is 0 Å². The lowest BCUT2D eigenvalue weighted by Gasteiger charge is -2.27. The maximum absolute atomic E-state index is 13.5. The first-order valence-corrected chi connectivity index (χ1v) is 9.41. The van der Waals surface area contributed by atoms with Gasteiger partial charge in [-0.3, -0.25) is 10.1 Å². The molecular weight excluding hydrogens is 398 g/mol. The van der Waals surface area contributed by atoms with Gasteiger partial charge in [0.05, 0.1) is 21.4 Å². The lowest BCUT2D eigenvalue weighted by molar-refractivity contribution is 0.502. The lowest BCUT2D eigenvalue weighted by atomic mass is 9.87. The van der Waals surface area contributed by atoms with Gasteiger partial charge in [-0.1, -0.05) is 0 Å². The van der Waals surface area contributed by atoms with Crippen LogP contribution in [0, 0.1) is 11.6 Å². The molecule has 1 aromatic heterocycles. The number of hydrogen-bond acceptors (Lipinski definition) is 2. The maximum atomic E-state index is 13.5. The van der Waals surface area contributed by atoms with E-state index in [-0.39, 0.29) is 5.92 Å². The summed E-state index contributed by atoms with van der Waals surface area (Å²) < 4.78 is 38.9. The second kappa shape index (κ2) is 7.80. The van der Waals surface area contributed by atoms with Gasteiger partial charge in [-0.05, 0) is 72.4 Å². The molecule has 2 atom stereocenters. The summed E-state index contributed by atoms with van der Waals surface area (Å²) in [5.41, 5.74) is 1.27. The minimum atomic E-state index is -1.53. The highest BCUT2D eigenvalue weighted by molar-refractivity contribution is 9.10. The molecule has 1 unspecified atom stereocenters. The highest BCUT2D eigenvalue weighted by Crippen LogP contribution is 2.34. The molecule has 3 nitrogen and oxygen atoms in total. The molecule has 0 aliphatic heterocycles. The van der Waals surface area contributed by atoms with Crippen molar-refractivity contribution in [3.63, 3.8) is 0 Å². The van der Waals surface area contributed by atoms with Crippen LogP contribution < -0.4 is 5.14 Å². The van der Waals surface area contributed by atoms with Crippen molar-refractivity contribution in [1.82, 2.24) is 4.98 Å². The second-order valence-corrected chi connectivity index (χ2v) is 8.86. The minimum Gasteiger partial charge on any atom is -0.260 e. The van der Waals surface area contributed by atoms with E-state index < -0.39 is 27.4 Å². The molecule has 0 saturated carbocycles. The van der Waals surface area contributed by atoms with Crippen LogP contribution in [0.2, 0.25) is 0 Å². The number of aromatic nitrogens is 1. The van der Waals surface area contributed by atoms with Crippen LogP contribution in [0.1, 0.15) is 37.4 Å². The van der Waals surface area contributed by atoms with Gasteiger partial charge in [0.15, 0.2) is 0 Å². The molecule has 1 aromatic carbocycles. The predicted molar refractivity (Wildman–Crippen MR) is 95.8 cm³/mol. The summed E-state index contributed by atoms with van der Waals surface area (Å²) in [5.74, 6) is -1.43. The molecule has 130 valence electrons. The number of nitrogens with zero attached hydrogens (tertiary/aromatic N) is 1. The van der Waals surface area contributed by atoms with E-state index >= 15 is 0 Å². The van der Waals surface area contributed by atoms with Gasteiger partial charge in [0.1, 0.15) is 11.6 Å². The van der Waals surface area contributed by atoms with Crippen LogP contribution in [0.15, 0.2) is 41.0 Å². The molecule has 0 fully saturated rings. The summed E-state index contributed by atoms with van der Waals surface area (Å²) >= 11 is 3.47. The summed E-state index contributed by atoms with van der Waals surface area (Å²) in [4.78, 5) is 4.39. The van der Waals surface area contributed by atoms with E-state index in [1.807, 2.05) is 6.07 Å². The standard InChI is InChI=1S/C17H19BrF2N2OS/c1-17(2,24(21)23)10-12(16-15(18)4-3-5-22-16)6-11-7-13(19)9-14(20)8-11/h3-5,7-9,12H,6,10,21H2,1-2H3/t12-,24?/m0/s1. The van der Waals surface area contributed by atoms with Crippen LogP contribution in [0.3, 0.4) is 0 Å². The van der Waals surface area contributed by atoms with E-state index in [4.69, 9.17) is 5.14 Å². The van der Waals surface area contributed by atoms with Crippen LogP contribution in [0.5, 0.6) is 0 Å². The van der Waals surface area contributed by atoms with Gasteiger partial charge < -0.3 is 0 Å². The maximum Gasteiger partial charge on any atom is 0.126 e. The molecule has 7 heteroatoms. The van der Waals surface area contributed by atoms with E-state index in [1.165, 1.54) is 12.1 Å². The first kappa shape index (κ1) is 19.1. The molecule has 0 spiro atoms. The molecule has 0 aliphatic rings. The van der Waals surface area contributed by atoms with E-state index in [9.17, 15) is 13.0 Å². The third-order valence-corrected chi connectivity index (χ3v) is 5.79. The average molecular weight is 417 g/mol. The van der Waals surface area contributed by atoms with Gasteiger partial charge in [0, 0.05) is 22.7 Å². The fraction of sp³-hybridized carbons (Fsp3) is 0.353. The normalized spacial score (nSPS) is 14.4. The Morgan fingerprint density at radius 3 is 2.46 bits per heavy atom. The summed E-state index contributed by atoms with van der Waals surface area (Å²) in [5, 5.41) is 5.60. The Kier molecular flexibility index (Phi) is 6.22. The largest absolute Gasteiger partial charge is 0.260 e. The van der Waals surface area contributed by atoms with Crippen molar-refractivity contribution < 1.29 is 13.0 Å². The Hall–Kier alpha value is -1.18. The van der Waals surface area contributed by atoms with E-state index in [2.05, 4.69) is 20.9 Å². The summed E-state index contributed by atoms with van der Waals surface area (Å²) in [6, 6.07) is 7.10. The zero-order valence-corrected chi connectivity index (χ0v) is 15.8. The number of halogens is 3. The molecule has 0 radical (unpaired) electrons. The topological polar surface area (TPSA) is 56.0 Å². The molecule has 0 bridgehead atoms. The third-order valence-electron chi connectivity index (χ3n) is 3.86.